The van der Waals surface area contributed by atoms with Gasteiger partial charge in [0.15, 0.2) is 18.3 Å². The smallest absolute Gasteiger partial charge is 0.465 e. The predicted molar refractivity (Wildman–Crippen MR) is 175 cm³/mol. The molecule has 0 bridgehead atoms. The summed E-state index contributed by atoms with van der Waals surface area (Å²) in [5, 5.41) is 16.4. The van der Waals surface area contributed by atoms with Crippen LogP contribution in [0.3, 0.4) is 0 Å². The largest absolute Gasteiger partial charge is 2.00 e. The zero-order valence-electron chi connectivity index (χ0n) is 21.2. The second kappa shape index (κ2) is 47.9. The molecular formula is C29H68O14Sn+2. The van der Waals surface area contributed by atoms with Crippen molar-refractivity contribution in [1.29, 1.82) is 0 Å². The van der Waals surface area contributed by atoms with Crippen molar-refractivity contribution in [2.24, 2.45) is 0 Å². The fourth-order valence-corrected chi connectivity index (χ4v) is 1.65. The number of hydrogen-bond acceptors (Lipinski definition) is 14. The van der Waals surface area contributed by atoms with Gasteiger partial charge in [-0.3, -0.25) is 9.59 Å². The molecule has 3 atom stereocenters. The van der Waals surface area contributed by atoms with Crippen molar-refractivity contribution in [3.8, 4) is 0 Å². The molecule has 2 fully saturated rings. The molecule has 0 aromatic heterocycles. The van der Waals surface area contributed by atoms with Crippen LogP contribution in [-0.4, -0.2) is 136 Å². The minimum absolute atomic E-state index is 0. The molecular weight excluding hydrogens is 691 g/mol. The summed E-state index contributed by atoms with van der Waals surface area (Å²) in [6.07, 6.45) is -1.95. The number of carbonyl (C=O) groups is 5. The van der Waals surface area contributed by atoms with Gasteiger partial charge in [-0.1, -0.05) is 59.4 Å². The maximum Gasteiger partial charge on any atom is 2.00 e. The summed E-state index contributed by atoms with van der Waals surface area (Å²) < 4.78 is 32.0. The Morgan fingerprint density at radius 2 is 1.18 bits per heavy atom. The molecule has 0 aromatic carbocycles. The van der Waals surface area contributed by atoms with Gasteiger partial charge in [0, 0.05) is 14.2 Å². The van der Waals surface area contributed by atoms with Crippen LogP contribution >= 0.6 is 0 Å². The van der Waals surface area contributed by atoms with Crippen LogP contribution in [0.2, 0.25) is 0 Å². The van der Waals surface area contributed by atoms with Crippen molar-refractivity contribution in [2.75, 3.05) is 53.9 Å². The van der Waals surface area contributed by atoms with E-state index >= 15 is 0 Å². The average molecular weight is 760 g/mol. The number of aliphatic hydroxyl groups is 2. The minimum Gasteiger partial charge on any atom is -0.465 e. The van der Waals surface area contributed by atoms with Gasteiger partial charge in [0.1, 0.15) is 13.2 Å². The van der Waals surface area contributed by atoms with E-state index in [1.165, 1.54) is 27.9 Å². The molecule has 0 aliphatic carbocycles. The maximum absolute atomic E-state index is 11.1. The standard InChI is InChI=1S/C9H16O6.C6H8O4.C3H4O2.C3H8O2.8CH4.Sn/c1-7(15-8(11)3-4-10)9(12)14-6-5-13-2;1-3-5(7)10-4(2)6(8)9-3;4-3-1-2-5-3;1-5-3-2-4;;;;;;;;;/h7,10H,3-6H2,1-2H3;3-4H,1-2H3;1-2H2;4H,2-3H2,1H3;8*1H4;/q;;;;;;;;;;;;+2. The van der Waals surface area contributed by atoms with E-state index in [4.69, 9.17) is 14.9 Å². The average Bonchev–Trinajstić information content (AvgIpc) is 2.78. The summed E-state index contributed by atoms with van der Waals surface area (Å²) in [4.78, 5) is 53.0. The third kappa shape index (κ3) is 42.1. The molecule has 270 valence electrons. The van der Waals surface area contributed by atoms with Crippen LogP contribution in [0.1, 0.15) is 93.0 Å². The van der Waals surface area contributed by atoms with Gasteiger partial charge >= 0.3 is 53.8 Å². The van der Waals surface area contributed by atoms with Gasteiger partial charge < -0.3 is 43.4 Å². The van der Waals surface area contributed by atoms with E-state index in [-0.39, 0.29) is 116 Å². The minimum atomic E-state index is -0.957. The predicted octanol–water partition coefficient (Wildman–Crippen LogP) is 3.62. The molecule has 14 nitrogen and oxygen atoms in total. The molecule has 2 radical (unpaired) electrons. The molecule has 0 spiro atoms. The monoisotopic (exact) mass is 760 g/mol. The Kier molecular flexibility index (Phi) is 80.0. The summed E-state index contributed by atoms with van der Waals surface area (Å²) in [6, 6.07) is 0. The molecule has 2 saturated heterocycles. The first kappa shape index (κ1) is 73.5. The number of cyclic esters (lactones) is 3. The van der Waals surface area contributed by atoms with Gasteiger partial charge in [-0.25, -0.2) is 14.4 Å². The van der Waals surface area contributed by atoms with Crippen LogP contribution in [0, 0.1) is 0 Å². The number of methoxy groups -OCH3 is 2. The number of aliphatic hydroxyl groups excluding tert-OH is 2. The third-order valence-corrected chi connectivity index (χ3v) is 3.60. The first-order valence-corrected chi connectivity index (χ1v) is 10.7. The number of esters is 5. The van der Waals surface area contributed by atoms with Crippen molar-refractivity contribution in [3.05, 3.63) is 0 Å². The molecule has 44 heavy (non-hydrogen) atoms. The van der Waals surface area contributed by atoms with E-state index in [0.717, 1.165) is 0 Å². The maximum atomic E-state index is 11.1. The molecule has 15 heteroatoms. The first-order valence-electron chi connectivity index (χ1n) is 10.7. The van der Waals surface area contributed by atoms with E-state index in [2.05, 4.69) is 28.4 Å². The van der Waals surface area contributed by atoms with Gasteiger partial charge in [-0.2, -0.15) is 0 Å². The van der Waals surface area contributed by atoms with Crippen molar-refractivity contribution < 1.29 is 67.3 Å². The molecule has 2 heterocycles. The molecule has 0 saturated carbocycles. The van der Waals surface area contributed by atoms with E-state index in [1.807, 2.05) is 0 Å². The molecule has 2 aliphatic heterocycles. The summed E-state index contributed by atoms with van der Waals surface area (Å²) in [5.41, 5.74) is 0. The van der Waals surface area contributed by atoms with Gasteiger partial charge in [0.2, 0.25) is 0 Å². The molecule has 2 aliphatic rings. The van der Waals surface area contributed by atoms with E-state index in [0.29, 0.717) is 26.2 Å². The van der Waals surface area contributed by atoms with Crippen LogP contribution in [0.25, 0.3) is 0 Å². The molecule has 2 rings (SSSR count). The Balaban J connectivity index is -0.0000000369. The van der Waals surface area contributed by atoms with Crippen molar-refractivity contribution in [2.45, 2.75) is 111 Å². The third-order valence-electron chi connectivity index (χ3n) is 3.60. The molecule has 0 aromatic rings. The Morgan fingerprint density at radius 1 is 0.795 bits per heavy atom. The first-order chi connectivity index (χ1) is 16.5. The quantitative estimate of drug-likeness (QED) is 0.150. The number of carbonyl (C=O) groups excluding carboxylic acids is 5. The number of hydrogen-bond donors (Lipinski definition) is 2. The van der Waals surface area contributed by atoms with Gasteiger partial charge in [-0.15, -0.1) is 0 Å². The Hall–Kier alpha value is -2.01. The van der Waals surface area contributed by atoms with E-state index in [1.54, 1.807) is 7.11 Å². The van der Waals surface area contributed by atoms with Gasteiger partial charge in [-0.05, 0) is 20.8 Å². The molecule has 3 unspecified atom stereocenters. The van der Waals surface area contributed by atoms with Crippen molar-refractivity contribution in [1.82, 2.24) is 0 Å². The van der Waals surface area contributed by atoms with Crippen LogP contribution in [-0.2, 0) is 57.1 Å². The number of rotatable bonds is 9. The SMILES string of the molecule is C.C.C.C.C.C.C.C.CC1OC(=O)C(C)OC1=O.COCCO.COCCOC(=O)C(C)OC(=O)CCO.O=C1CCO1.[Sn+2]. The Morgan fingerprint density at radius 3 is 1.43 bits per heavy atom. The van der Waals surface area contributed by atoms with E-state index < -0.39 is 42.2 Å². The Bertz CT molecular complexity index is 620. The van der Waals surface area contributed by atoms with Gasteiger partial charge in [0.25, 0.3) is 0 Å². The Labute approximate surface area is 285 Å². The normalized spacial score (nSPS) is 14.8. The molecule has 0 amide bonds. The van der Waals surface area contributed by atoms with Gasteiger partial charge in [0.05, 0.1) is 39.3 Å². The summed E-state index contributed by atoms with van der Waals surface area (Å²) in [7, 11) is 3.04. The zero-order chi connectivity index (χ0) is 27.2. The second-order valence-corrected chi connectivity index (χ2v) is 6.61. The second-order valence-electron chi connectivity index (χ2n) is 6.61. The molecule has 2 N–H and O–H groups in total. The van der Waals surface area contributed by atoms with Crippen LogP contribution in [0.4, 0.5) is 0 Å². The summed E-state index contributed by atoms with van der Waals surface area (Å²) >= 11 is 0. The van der Waals surface area contributed by atoms with Crippen molar-refractivity contribution >= 4 is 53.8 Å². The van der Waals surface area contributed by atoms with E-state index in [9.17, 15) is 24.0 Å². The fraction of sp³-hybridized carbons (Fsp3) is 0.828. The number of ether oxygens (including phenoxy) is 7. The van der Waals surface area contributed by atoms with Crippen LogP contribution < -0.4 is 0 Å². The summed E-state index contributed by atoms with van der Waals surface area (Å²) in [6.45, 7) is 5.68. The van der Waals surface area contributed by atoms with Crippen LogP contribution in [0.5, 0.6) is 0 Å². The zero-order valence-corrected chi connectivity index (χ0v) is 24.0. The summed E-state index contributed by atoms with van der Waals surface area (Å²) in [5.74, 6) is -2.28. The van der Waals surface area contributed by atoms with Crippen LogP contribution in [0.15, 0.2) is 0 Å². The fourth-order valence-electron chi connectivity index (χ4n) is 1.65. The topological polar surface area (TPSA) is 190 Å². The van der Waals surface area contributed by atoms with Crippen molar-refractivity contribution in [3.63, 3.8) is 0 Å².